The second-order valence-electron chi connectivity index (χ2n) is 7.00. The Morgan fingerprint density at radius 2 is 1.87 bits per heavy atom. The van der Waals surface area contributed by atoms with E-state index in [4.69, 9.17) is 29.3 Å². The maximum atomic E-state index is 12.3. The lowest BCUT2D eigenvalue weighted by Gasteiger charge is -2.31. The van der Waals surface area contributed by atoms with Crippen LogP contribution in [0, 0.1) is 12.8 Å². The highest BCUT2D eigenvalue weighted by atomic mass is 16.5. The molecule has 1 saturated heterocycles. The van der Waals surface area contributed by atoms with Gasteiger partial charge < -0.3 is 29.9 Å². The smallest absolute Gasteiger partial charge is 0.414 e. The number of anilines is 1. The molecule has 0 saturated carbocycles. The molecule has 172 valence electrons. The van der Waals surface area contributed by atoms with Crippen molar-refractivity contribution in [2.75, 3.05) is 38.7 Å². The predicted molar refractivity (Wildman–Crippen MR) is 112 cm³/mol. The lowest BCUT2D eigenvalue weighted by molar-refractivity contribution is -0.159. The zero-order valence-electron chi connectivity index (χ0n) is 18.1. The van der Waals surface area contributed by atoms with Crippen LogP contribution < -0.4 is 10.1 Å². The van der Waals surface area contributed by atoms with Crippen LogP contribution in [0.5, 0.6) is 5.75 Å². The van der Waals surface area contributed by atoms with Gasteiger partial charge in [-0.3, -0.25) is 9.59 Å². The third-order valence-electron chi connectivity index (χ3n) is 4.59. The fraction of sp³-hybridized carbons (Fsp3) is 0.524. The van der Waals surface area contributed by atoms with Gasteiger partial charge in [-0.05, 0) is 50.9 Å². The van der Waals surface area contributed by atoms with Crippen LogP contribution in [-0.4, -0.2) is 72.3 Å². The molecule has 1 heterocycles. The fourth-order valence-corrected chi connectivity index (χ4v) is 3.10. The minimum Gasteiger partial charge on any atom is -0.495 e. The summed E-state index contributed by atoms with van der Waals surface area (Å²) in [7, 11) is 1.59. The molecule has 31 heavy (non-hydrogen) atoms. The number of ether oxygens (including phenoxy) is 2. The number of piperidine rings is 1. The molecule has 0 spiro atoms. The maximum Gasteiger partial charge on any atom is 0.414 e. The number of hydrogen-bond donors (Lipinski definition) is 3. The minimum atomic E-state index is -1.82. The molecule has 1 unspecified atom stereocenters. The van der Waals surface area contributed by atoms with Crippen molar-refractivity contribution in [3.05, 3.63) is 23.8 Å². The first-order valence-corrected chi connectivity index (χ1v) is 9.97. The zero-order chi connectivity index (χ0) is 23.4. The van der Waals surface area contributed by atoms with E-state index < -0.39 is 11.9 Å². The summed E-state index contributed by atoms with van der Waals surface area (Å²) in [6, 6.07) is 5.69. The Morgan fingerprint density at radius 1 is 1.19 bits per heavy atom. The maximum absolute atomic E-state index is 12.3. The Balaban J connectivity index is 0.000000703. The van der Waals surface area contributed by atoms with Gasteiger partial charge in [-0.1, -0.05) is 6.07 Å². The number of benzene rings is 1. The molecule has 1 amide bonds. The summed E-state index contributed by atoms with van der Waals surface area (Å²) in [4.78, 5) is 44.5. The van der Waals surface area contributed by atoms with E-state index in [-0.39, 0.29) is 17.8 Å². The molecule has 0 bridgehead atoms. The second-order valence-corrected chi connectivity index (χ2v) is 7.00. The Morgan fingerprint density at radius 3 is 2.45 bits per heavy atom. The van der Waals surface area contributed by atoms with Crippen molar-refractivity contribution in [2.45, 2.75) is 33.1 Å². The number of amides is 1. The molecule has 1 atom stereocenters. The number of methoxy groups -OCH3 is 1. The van der Waals surface area contributed by atoms with E-state index >= 15 is 0 Å². The van der Waals surface area contributed by atoms with Gasteiger partial charge in [0, 0.05) is 19.5 Å². The van der Waals surface area contributed by atoms with Gasteiger partial charge in [0.15, 0.2) is 0 Å². The third kappa shape index (κ3) is 9.47. The number of hydrogen-bond acceptors (Lipinski definition) is 7. The molecule has 2 rings (SSSR count). The minimum absolute atomic E-state index is 0.0536. The third-order valence-corrected chi connectivity index (χ3v) is 4.59. The first kappa shape index (κ1) is 25.9. The largest absolute Gasteiger partial charge is 0.495 e. The molecule has 0 radical (unpaired) electrons. The van der Waals surface area contributed by atoms with Crippen molar-refractivity contribution in [1.29, 1.82) is 0 Å². The van der Waals surface area contributed by atoms with Gasteiger partial charge in [0.25, 0.3) is 0 Å². The number of rotatable bonds is 7. The highest BCUT2D eigenvalue weighted by Gasteiger charge is 2.26. The summed E-state index contributed by atoms with van der Waals surface area (Å²) in [5.74, 6) is -3.25. The zero-order valence-corrected chi connectivity index (χ0v) is 18.1. The number of esters is 1. The summed E-state index contributed by atoms with van der Waals surface area (Å²) in [5, 5.41) is 17.7. The number of carboxylic acid groups (broad SMARTS) is 2. The molecular weight excluding hydrogens is 408 g/mol. The van der Waals surface area contributed by atoms with Crippen LogP contribution in [0.1, 0.15) is 31.7 Å². The molecule has 1 aromatic rings. The topological polar surface area (TPSA) is 142 Å². The quantitative estimate of drug-likeness (QED) is 0.429. The van der Waals surface area contributed by atoms with E-state index in [0.29, 0.717) is 37.6 Å². The van der Waals surface area contributed by atoms with Gasteiger partial charge in [0.2, 0.25) is 5.91 Å². The molecule has 1 fully saturated rings. The van der Waals surface area contributed by atoms with Crippen LogP contribution in [0.2, 0.25) is 0 Å². The Labute approximate surface area is 181 Å². The van der Waals surface area contributed by atoms with E-state index in [0.717, 1.165) is 24.9 Å². The SMILES string of the molecule is CCOC(=O)C1CCCN(CCC(=O)Nc2cc(C)ccc2OC)C1.O=C(O)C(=O)O. The Kier molecular flexibility index (Phi) is 11.0. The number of nitrogens with zero attached hydrogens (tertiary/aromatic N) is 1. The van der Waals surface area contributed by atoms with E-state index in [1.807, 2.05) is 32.0 Å². The van der Waals surface area contributed by atoms with Crippen molar-refractivity contribution in [1.82, 2.24) is 4.90 Å². The average Bonchev–Trinajstić information content (AvgIpc) is 2.73. The lowest BCUT2D eigenvalue weighted by atomic mass is 9.98. The van der Waals surface area contributed by atoms with Gasteiger partial charge >= 0.3 is 17.9 Å². The molecule has 1 aliphatic heterocycles. The average molecular weight is 438 g/mol. The molecule has 10 nitrogen and oxygen atoms in total. The van der Waals surface area contributed by atoms with E-state index in [1.165, 1.54) is 0 Å². The molecule has 1 aliphatic rings. The van der Waals surface area contributed by atoms with Gasteiger partial charge in [0.05, 0.1) is 25.3 Å². The summed E-state index contributed by atoms with van der Waals surface area (Å²) in [6.07, 6.45) is 2.20. The van der Waals surface area contributed by atoms with Gasteiger partial charge in [-0.2, -0.15) is 0 Å². The van der Waals surface area contributed by atoms with Crippen molar-refractivity contribution >= 4 is 29.5 Å². The summed E-state index contributed by atoms with van der Waals surface area (Å²) < 4.78 is 10.4. The summed E-state index contributed by atoms with van der Waals surface area (Å²) in [5.41, 5.74) is 1.75. The number of carbonyl (C=O) groups excluding carboxylic acids is 2. The van der Waals surface area contributed by atoms with Crippen LogP contribution in [-0.2, 0) is 23.9 Å². The molecule has 0 aliphatic carbocycles. The van der Waals surface area contributed by atoms with Crippen LogP contribution in [0.25, 0.3) is 0 Å². The van der Waals surface area contributed by atoms with Crippen molar-refractivity contribution in [2.24, 2.45) is 5.92 Å². The number of nitrogens with one attached hydrogen (secondary N) is 1. The molecule has 1 aromatic carbocycles. The first-order valence-electron chi connectivity index (χ1n) is 9.97. The molecule has 0 aromatic heterocycles. The van der Waals surface area contributed by atoms with Crippen molar-refractivity contribution in [3.8, 4) is 5.75 Å². The van der Waals surface area contributed by atoms with Crippen molar-refractivity contribution in [3.63, 3.8) is 0 Å². The van der Waals surface area contributed by atoms with Crippen LogP contribution in [0.4, 0.5) is 5.69 Å². The van der Waals surface area contributed by atoms with Gasteiger partial charge in [0.1, 0.15) is 5.75 Å². The lowest BCUT2D eigenvalue weighted by Crippen LogP contribution is -2.40. The standard InChI is InChI=1S/C19H28N2O4.C2H2O4/c1-4-25-19(23)15-6-5-10-21(13-15)11-9-18(22)20-16-12-14(2)7-8-17(16)24-3;3-1(4)2(5)6/h7-8,12,15H,4-6,9-11,13H2,1-3H3,(H,20,22);(H,3,4)(H,5,6). The highest BCUT2D eigenvalue weighted by molar-refractivity contribution is 6.27. The number of likely N-dealkylation sites (tertiary alicyclic amines) is 1. The fourth-order valence-electron chi connectivity index (χ4n) is 3.10. The van der Waals surface area contributed by atoms with Gasteiger partial charge in [-0.15, -0.1) is 0 Å². The number of carboxylic acids is 2. The van der Waals surface area contributed by atoms with E-state index in [2.05, 4.69) is 10.2 Å². The van der Waals surface area contributed by atoms with Crippen LogP contribution >= 0.6 is 0 Å². The number of carbonyl (C=O) groups is 4. The Bertz CT molecular complexity index is 769. The first-order chi connectivity index (χ1) is 14.7. The van der Waals surface area contributed by atoms with E-state index in [1.54, 1.807) is 7.11 Å². The van der Waals surface area contributed by atoms with Crippen LogP contribution in [0.3, 0.4) is 0 Å². The predicted octanol–water partition coefficient (Wildman–Crippen LogP) is 1.76. The van der Waals surface area contributed by atoms with Gasteiger partial charge in [-0.25, -0.2) is 9.59 Å². The number of aryl methyl sites for hydroxylation is 1. The second kappa shape index (κ2) is 13.2. The molecule has 3 N–H and O–H groups in total. The normalized spacial score (nSPS) is 15.8. The molecular formula is C21H30N2O8. The summed E-state index contributed by atoms with van der Waals surface area (Å²) >= 11 is 0. The van der Waals surface area contributed by atoms with E-state index in [9.17, 15) is 9.59 Å². The summed E-state index contributed by atoms with van der Waals surface area (Å²) in [6.45, 7) is 6.42. The molecule has 10 heteroatoms. The highest BCUT2D eigenvalue weighted by Crippen LogP contribution is 2.25. The Hall–Kier alpha value is -3.14. The number of aliphatic carboxylic acids is 2. The van der Waals surface area contributed by atoms with Crippen molar-refractivity contribution < 1.29 is 38.9 Å². The monoisotopic (exact) mass is 438 g/mol. The van der Waals surface area contributed by atoms with Crippen LogP contribution in [0.15, 0.2) is 18.2 Å².